The van der Waals surface area contributed by atoms with Crippen molar-refractivity contribution in [2.24, 2.45) is 11.8 Å². The molecule has 0 bridgehead atoms. The van der Waals surface area contributed by atoms with Gasteiger partial charge in [0.05, 0.1) is 0 Å². The van der Waals surface area contributed by atoms with Gasteiger partial charge in [-0.15, -0.1) is 0 Å². The third kappa shape index (κ3) is 3.01. The molecular formula is C18H28N2. The Hall–Kier alpha value is -1.02. The molecule has 1 aliphatic carbocycles. The van der Waals surface area contributed by atoms with Gasteiger partial charge in [-0.05, 0) is 56.2 Å². The van der Waals surface area contributed by atoms with Crippen LogP contribution in [0.4, 0.5) is 5.69 Å². The van der Waals surface area contributed by atoms with Gasteiger partial charge in [0.1, 0.15) is 0 Å². The first kappa shape index (κ1) is 13.9. The molecular weight excluding hydrogens is 244 g/mol. The normalized spacial score (nSPS) is 25.1. The molecule has 0 amide bonds. The molecule has 1 aliphatic heterocycles. The third-order valence-electron chi connectivity index (χ3n) is 5.00. The molecule has 1 saturated carbocycles. The Labute approximate surface area is 123 Å². The molecule has 0 saturated heterocycles. The van der Waals surface area contributed by atoms with Crippen LogP contribution < -0.4 is 10.2 Å². The minimum Gasteiger partial charge on any atom is -0.368 e. The Bertz CT molecular complexity index is 452. The van der Waals surface area contributed by atoms with E-state index < -0.39 is 0 Å². The quantitative estimate of drug-likeness (QED) is 0.883. The van der Waals surface area contributed by atoms with Gasteiger partial charge < -0.3 is 10.2 Å². The monoisotopic (exact) mass is 272 g/mol. The molecule has 1 aromatic carbocycles. The number of para-hydroxylation sites is 1. The van der Waals surface area contributed by atoms with Crippen LogP contribution in [0.25, 0.3) is 0 Å². The van der Waals surface area contributed by atoms with E-state index >= 15 is 0 Å². The van der Waals surface area contributed by atoms with E-state index in [9.17, 15) is 0 Å². The van der Waals surface area contributed by atoms with Crippen LogP contribution in [0.3, 0.4) is 0 Å². The molecule has 1 aromatic rings. The summed E-state index contributed by atoms with van der Waals surface area (Å²) in [6.07, 6.45) is 3.99. The fourth-order valence-electron chi connectivity index (χ4n) is 3.34. The van der Waals surface area contributed by atoms with Gasteiger partial charge in [0.15, 0.2) is 0 Å². The summed E-state index contributed by atoms with van der Waals surface area (Å²) in [6.45, 7) is 9.52. The van der Waals surface area contributed by atoms with Crippen molar-refractivity contribution in [2.75, 3.05) is 18.0 Å². The molecule has 1 N–H and O–H groups in total. The van der Waals surface area contributed by atoms with Crippen LogP contribution >= 0.6 is 0 Å². The molecule has 2 aliphatic rings. The summed E-state index contributed by atoms with van der Waals surface area (Å²) in [5, 5.41) is 3.68. The van der Waals surface area contributed by atoms with Crippen LogP contribution in [0.2, 0.25) is 0 Å². The van der Waals surface area contributed by atoms with Crippen LogP contribution in [0.1, 0.15) is 39.2 Å². The van der Waals surface area contributed by atoms with Gasteiger partial charge in [-0.1, -0.05) is 32.0 Å². The van der Waals surface area contributed by atoms with Gasteiger partial charge in [-0.25, -0.2) is 0 Å². The van der Waals surface area contributed by atoms with E-state index in [0.717, 1.165) is 18.5 Å². The molecule has 3 atom stereocenters. The lowest BCUT2D eigenvalue weighted by Gasteiger charge is -2.41. The number of anilines is 1. The van der Waals surface area contributed by atoms with Crippen LogP contribution in [0.15, 0.2) is 24.3 Å². The number of fused-ring (bicyclic) bond motifs is 1. The lowest BCUT2D eigenvalue weighted by molar-refractivity contribution is 0.391. The van der Waals surface area contributed by atoms with Gasteiger partial charge >= 0.3 is 0 Å². The topological polar surface area (TPSA) is 15.3 Å². The maximum atomic E-state index is 3.68. The van der Waals surface area contributed by atoms with E-state index in [1.54, 1.807) is 0 Å². The van der Waals surface area contributed by atoms with Crippen molar-refractivity contribution in [3.8, 4) is 0 Å². The van der Waals surface area contributed by atoms with Crippen molar-refractivity contribution in [3.05, 3.63) is 29.8 Å². The van der Waals surface area contributed by atoms with Gasteiger partial charge in [-0.2, -0.15) is 0 Å². The highest BCUT2D eigenvalue weighted by molar-refractivity contribution is 5.56. The number of benzene rings is 1. The van der Waals surface area contributed by atoms with E-state index in [-0.39, 0.29) is 0 Å². The first-order valence-corrected chi connectivity index (χ1v) is 8.23. The van der Waals surface area contributed by atoms with E-state index in [1.165, 1.54) is 37.1 Å². The smallest absolute Gasteiger partial charge is 0.0401 e. The second-order valence-corrected chi connectivity index (χ2v) is 6.99. The molecule has 0 spiro atoms. The first-order valence-electron chi connectivity index (χ1n) is 8.23. The zero-order chi connectivity index (χ0) is 14.1. The van der Waals surface area contributed by atoms with Crippen LogP contribution in [-0.2, 0) is 6.42 Å². The number of hydrogen-bond acceptors (Lipinski definition) is 2. The lowest BCUT2D eigenvalue weighted by atomic mass is 9.90. The van der Waals surface area contributed by atoms with E-state index in [4.69, 9.17) is 0 Å². The summed E-state index contributed by atoms with van der Waals surface area (Å²) in [5.74, 6) is 1.45. The largest absolute Gasteiger partial charge is 0.368 e. The number of rotatable bonds is 5. The summed E-state index contributed by atoms with van der Waals surface area (Å²) in [5.41, 5.74) is 3.00. The average Bonchev–Trinajstić information content (AvgIpc) is 3.27. The Morgan fingerprint density at radius 3 is 2.75 bits per heavy atom. The van der Waals surface area contributed by atoms with Crippen molar-refractivity contribution in [1.29, 1.82) is 0 Å². The molecule has 0 aromatic heterocycles. The van der Waals surface area contributed by atoms with Gasteiger partial charge in [0.25, 0.3) is 0 Å². The fraction of sp³-hybridized carbons (Fsp3) is 0.667. The summed E-state index contributed by atoms with van der Waals surface area (Å²) in [7, 11) is 0. The molecule has 2 nitrogen and oxygen atoms in total. The number of nitrogens with zero attached hydrogens (tertiary/aromatic N) is 1. The Kier molecular flexibility index (Phi) is 4.02. The van der Waals surface area contributed by atoms with Crippen LogP contribution in [0, 0.1) is 11.8 Å². The summed E-state index contributed by atoms with van der Waals surface area (Å²) < 4.78 is 0. The third-order valence-corrected chi connectivity index (χ3v) is 5.00. The van der Waals surface area contributed by atoms with E-state index in [0.29, 0.717) is 12.0 Å². The molecule has 3 rings (SSSR count). The second kappa shape index (κ2) is 5.77. The van der Waals surface area contributed by atoms with Crippen LogP contribution in [0.5, 0.6) is 0 Å². The average molecular weight is 272 g/mol. The van der Waals surface area contributed by atoms with Crippen molar-refractivity contribution in [1.82, 2.24) is 5.32 Å². The highest BCUT2D eigenvalue weighted by Crippen LogP contribution is 2.32. The SMILES string of the molecule is CC1Cc2ccccc2N(C(C)C(C)CNC2CC2)C1. The predicted molar refractivity (Wildman–Crippen MR) is 86.3 cm³/mol. The molecule has 3 unspecified atom stereocenters. The molecule has 1 heterocycles. The van der Waals surface area contributed by atoms with Crippen molar-refractivity contribution >= 4 is 5.69 Å². The maximum absolute atomic E-state index is 3.68. The molecule has 2 heteroatoms. The standard InChI is InChI=1S/C18H28N2/c1-13-10-16-6-4-5-7-18(16)20(12-13)15(3)14(2)11-19-17-8-9-17/h4-7,13-15,17,19H,8-12H2,1-3H3. The van der Waals surface area contributed by atoms with Gasteiger partial charge in [-0.3, -0.25) is 0 Å². The Morgan fingerprint density at radius 1 is 1.25 bits per heavy atom. The van der Waals surface area contributed by atoms with Crippen molar-refractivity contribution in [2.45, 2.75) is 52.1 Å². The fourth-order valence-corrected chi connectivity index (χ4v) is 3.34. The molecule has 1 fully saturated rings. The van der Waals surface area contributed by atoms with Gasteiger partial charge in [0.2, 0.25) is 0 Å². The lowest BCUT2D eigenvalue weighted by Crippen LogP contribution is -2.46. The van der Waals surface area contributed by atoms with E-state index in [1.807, 2.05) is 0 Å². The van der Waals surface area contributed by atoms with Crippen molar-refractivity contribution in [3.63, 3.8) is 0 Å². The minimum absolute atomic E-state index is 0.602. The summed E-state index contributed by atoms with van der Waals surface area (Å²) >= 11 is 0. The van der Waals surface area contributed by atoms with Gasteiger partial charge in [0, 0.05) is 24.3 Å². The highest BCUT2D eigenvalue weighted by Gasteiger charge is 2.29. The first-order chi connectivity index (χ1) is 9.65. The summed E-state index contributed by atoms with van der Waals surface area (Å²) in [6, 6.07) is 10.4. The van der Waals surface area contributed by atoms with E-state index in [2.05, 4.69) is 55.3 Å². The molecule has 0 radical (unpaired) electrons. The minimum atomic E-state index is 0.602. The zero-order valence-electron chi connectivity index (χ0n) is 13.1. The van der Waals surface area contributed by atoms with Crippen LogP contribution in [-0.4, -0.2) is 25.2 Å². The number of hydrogen-bond donors (Lipinski definition) is 1. The summed E-state index contributed by atoms with van der Waals surface area (Å²) in [4.78, 5) is 2.64. The maximum Gasteiger partial charge on any atom is 0.0401 e. The Morgan fingerprint density at radius 2 is 2.00 bits per heavy atom. The molecule has 20 heavy (non-hydrogen) atoms. The molecule has 110 valence electrons. The van der Waals surface area contributed by atoms with Crippen molar-refractivity contribution < 1.29 is 0 Å². The zero-order valence-corrected chi connectivity index (χ0v) is 13.1. The Balaban J connectivity index is 1.71. The number of nitrogens with one attached hydrogen (secondary N) is 1. The predicted octanol–water partition coefficient (Wildman–Crippen LogP) is 3.46. The second-order valence-electron chi connectivity index (χ2n) is 6.99. The highest BCUT2D eigenvalue weighted by atomic mass is 15.2.